The molecule has 0 aliphatic heterocycles. The smallest absolute Gasteiger partial charge is 0.328 e. The van der Waals surface area contributed by atoms with E-state index in [4.69, 9.17) is 14.6 Å². The van der Waals surface area contributed by atoms with Crippen molar-refractivity contribution >= 4 is 28.0 Å². The van der Waals surface area contributed by atoms with Gasteiger partial charge in [0.25, 0.3) is 0 Å². The lowest BCUT2D eigenvalue weighted by atomic mass is 10.2. The number of hydrogen-bond acceptors (Lipinski definition) is 3. The SMILES string of the molecule is CCOc1cc(/C=C/C(=O)O)cc(Br)c1OCC=C(C)C. The third-order valence-corrected chi connectivity index (χ3v) is 3.06. The molecule has 0 aliphatic carbocycles. The first kappa shape index (κ1) is 17.3. The molecule has 1 rings (SSSR count). The van der Waals surface area contributed by atoms with Gasteiger partial charge in [-0.3, -0.25) is 0 Å². The summed E-state index contributed by atoms with van der Waals surface area (Å²) in [6.07, 6.45) is 4.57. The van der Waals surface area contributed by atoms with E-state index in [0.29, 0.717) is 24.7 Å². The van der Waals surface area contributed by atoms with Gasteiger partial charge in [-0.2, -0.15) is 0 Å². The minimum Gasteiger partial charge on any atom is -0.490 e. The fourth-order valence-electron chi connectivity index (χ4n) is 1.55. The molecule has 5 heteroatoms. The maximum Gasteiger partial charge on any atom is 0.328 e. The number of carboxylic acids is 1. The number of carboxylic acid groups (broad SMARTS) is 1. The number of ether oxygens (including phenoxy) is 2. The molecule has 0 aromatic heterocycles. The zero-order valence-corrected chi connectivity index (χ0v) is 13.9. The highest BCUT2D eigenvalue weighted by Crippen LogP contribution is 2.37. The first-order valence-electron chi connectivity index (χ1n) is 6.57. The molecule has 1 aromatic rings. The fraction of sp³-hybridized carbons (Fsp3) is 0.312. The van der Waals surface area contributed by atoms with E-state index < -0.39 is 5.97 Å². The third-order valence-electron chi connectivity index (χ3n) is 2.47. The lowest BCUT2D eigenvalue weighted by molar-refractivity contribution is -0.131. The Morgan fingerprint density at radius 2 is 2.05 bits per heavy atom. The molecule has 0 amide bonds. The second-order valence-electron chi connectivity index (χ2n) is 4.53. The van der Waals surface area contributed by atoms with Crippen LogP contribution in [0.15, 0.2) is 34.3 Å². The molecule has 0 fully saturated rings. The van der Waals surface area contributed by atoms with Gasteiger partial charge in [0.2, 0.25) is 0 Å². The molecule has 114 valence electrons. The van der Waals surface area contributed by atoms with Crippen LogP contribution in [0.5, 0.6) is 11.5 Å². The summed E-state index contributed by atoms with van der Waals surface area (Å²) in [6.45, 7) is 6.83. The number of halogens is 1. The third kappa shape index (κ3) is 6.04. The highest BCUT2D eigenvalue weighted by atomic mass is 79.9. The van der Waals surface area contributed by atoms with E-state index in [2.05, 4.69) is 15.9 Å². The van der Waals surface area contributed by atoms with Crippen LogP contribution in [0, 0.1) is 0 Å². The second kappa shape index (κ2) is 8.52. The van der Waals surface area contributed by atoms with Crippen molar-refractivity contribution in [3.8, 4) is 11.5 Å². The molecule has 0 saturated heterocycles. The predicted molar refractivity (Wildman–Crippen MR) is 86.9 cm³/mol. The molecule has 0 saturated carbocycles. The van der Waals surface area contributed by atoms with Gasteiger partial charge < -0.3 is 14.6 Å². The Bertz CT molecular complexity index is 558. The summed E-state index contributed by atoms with van der Waals surface area (Å²) in [4.78, 5) is 10.6. The number of rotatable bonds is 7. The monoisotopic (exact) mass is 354 g/mol. The van der Waals surface area contributed by atoms with Gasteiger partial charge in [0.1, 0.15) is 6.61 Å². The van der Waals surface area contributed by atoms with Crippen LogP contribution >= 0.6 is 15.9 Å². The van der Waals surface area contributed by atoms with Crippen LogP contribution in [-0.2, 0) is 4.79 Å². The quantitative estimate of drug-likeness (QED) is 0.586. The predicted octanol–water partition coefficient (Wildman–Crippen LogP) is 4.29. The minimum absolute atomic E-state index is 0.450. The van der Waals surface area contributed by atoms with Gasteiger partial charge in [-0.05, 0) is 66.5 Å². The van der Waals surface area contributed by atoms with Gasteiger partial charge >= 0.3 is 5.97 Å². The van der Waals surface area contributed by atoms with Crippen LogP contribution in [0.2, 0.25) is 0 Å². The highest BCUT2D eigenvalue weighted by Gasteiger charge is 2.11. The van der Waals surface area contributed by atoms with E-state index in [1.807, 2.05) is 26.8 Å². The maximum atomic E-state index is 10.6. The number of aliphatic carboxylic acids is 1. The Labute approximate surface area is 133 Å². The standard InChI is InChI=1S/C16H19BrO4/c1-4-20-14-10-12(5-6-15(18)19)9-13(17)16(14)21-8-7-11(2)3/h5-7,9-10H,4,8H2,1-3H3,(H,18,19)/b6-5+. The molecule has 21 heavy (non-hydrogen) atoms. The van der Waals surface area contributed by atoms with Crippen LogP contribution < -0.4 is 9.47 Å². The number of carbonyl (C=O) groups is 1. The van der Waals surface area contributed by atoms with Crippen LogP contribution in [0.25, 0.3) is 6.08 Å². The van der Waals surface area contributed by atoms with Crippen molar-refractivity contribution in [2.45, 2.75) is 20.8 Å². The van der Waals surface area contributed by atoms with Crippen molar-refractivity contribution in [3.63, 3.8) is 0 Å². The van der Waals surface area contributed by atoms with Crippen LogP contribution in [0.4, 0.5) is 0 Å². The number of allylic oxidation sites excluding steroid dienone is 1. The summed E-state index contributed by atoms with van der Waals surface area (Å²) in [5.74, 6) is 0.203. The second-order valence-corrected chi connectivity index (χ2v) is 5.38. The van der Waals surface area contributed by atoms with E-state index >= 15 is 0 Å². The number of benzene rings is 1. The van der Waals surface area contributed by atoms with Crippen LogP contribution in [-0.4, -0.2) is 24.3 Å². The normalized spacial score (nSPS) is 10.5. The van der Waals surface area contributed by atoms with Gasteiger partial charge in [0.05, 0.1) is 11.1 Å². The van der Waals surface area contributed by atoms with Gasteiger partial charge in [-0.25, -0.2) is 4.79 Å². The molecular formula is C16H19BrO4. The summed E-state index contributed by atoms with van der Waals surface area (Å²) in [6, 6.07) is 3.55. The average molecular weight is 355 g/mol. The molecular weight excluding hydrogens is 336 g/mol. The molecule has 4 nitrogen and oxygen atoms in total. The zero-order valence-electron chi connectivity index (χ0n) is 12.4. The summed E-state index contributed by atoms with van der Waals surface area (Å²) in [5.41, 5.74) is 1.90. The van der Waals surface area contributed by atoms with Crippen molar-refractivity contribution in [2.75, 3.05) is 13.2 Å². The zero-order chi connectivity index (χ0) is 15.8. The Morgan fingerprint density at radius 1 is 1.33 bits per heavy atom. The fourth-order valence-corrected chi connectivity index (χ4v) is 2.12. The van der Waals surface area contributed by atoms with Crippen molar-refractivity contribution in [3.05, 3.63) is 39.9 Å². The molecule has 1 aromatic carbocycles. The lowest BCUT2D eigenvalue weighted by Gasteiger charge is -2.14. The molecule has 0 aliphatic rings. The van der Waals surface area contributed by atoms with E-state index in [9.17, 15) is 4.79 Å². The number of hydrogen-bond donors (Lipinski definition) is 1. The minimum atomic E-state index is -0.993. The van der Waals surface area contributed by atoms with Crippen LogP contribution in [0.3, 0.4) is 0 Å². The van der Waals surface area contributed by atoms with E-state index in [0.717, 1.165) is 16.1 Å². The van der Waals surface area contributed by atoms with E-state index in [1.54, 1.807) is 12.1 Å². The van der Waals surface area contributed by atoms with E-state index in [1.165, 1.54) is 11.6 Å². The van der Waals surface area contributed by atoms with Gasteiger partial charge in [0.15, 0.2) is 11.5 Å². The maximum absolute atomic E-state index is 10.6. The summed E-state index contributed by atoms with van der Waals surface area (Å²) in [5, 5.41) is 8.68. The van der Waals surface area contributed by atoms with E-state index in [-0.39, 0.29) is 0 Å². The highest BCUT2D eigenvalue weighted by molar-refractivity contribution is 9.10. The Morgan fingerprint density at radius 3 is 2.62 bits per heavy atom. The molecule has 1 N–H and O–H groups in total. The Balaban J connectivity index is 3.06. The first-order valence-corrected chi connectivity index (χ1v) is 7.36. The lowest BCUT2D eigenvalue weighted by Crippen LogP contribution is -2.01. The topological polar surface area (TPSA) is 55.8 Å². The Kier molecular flexibility index (Phi) is 7.02. The summed E-state index contributed by atoms with van der Waals surface area (Å²) < 4.78 is 12.0. The summed E-state index contributed by atoms with van der Waals surface area (Å²) >= 11 is 3.44. The molecule has 0 spiro atoms. The largest absolute Gasteiger partial charge is 0.490 e. The first-order chi connectivity index (χ1) is 9.93. The molecule has 0 atom stereocenters. The van der Waals surface area contributed by atoms with Gasteiger partial charge in [0, 0.05) is 6.08 Å². The van der Waals surface area contributed by atoms with Gasteiger partial charge in [-0.1, -0.05) is 5.57 Å². The van der Waals surface area contributed by atoms with Crippen molar-refractivity contribution in [2.24, 2.45) is 0 Å². The van der Waals surface area contributed by atoms with Crippen molar-refractivity contribution in [1.29, 1.82) is 0 Å². The van der Waals surface area contributed by atoms with Gasteiger partial charge in [-0.15, -0.1) is 0 Å². The molecule has 0 heterocycles. The van der Waals surface area contributed by atoms with Crippen LogP contribution in [0.1, 0.15) is 26.3 Å². The molecule has 0 unspecified atom stereocenters. The Hall–Kier alpha value is -1.75. The molecule has 0 bridgehead atoms. The average Bonchev–Trinajstić information content (AvgIpc) is 2.39. The van der Waals surface area contributed by atoms with Crippen molar-refractivity contribution in [1.82, 2.24) is 0 Å². The van der Waals surface area contributed by atoms with Crippen molar-refractivity contribution < 1.29 is 19.4 Å². The molecule has 0 radical (unpaired) electrons. The summed E-state index contributed by atoms with van der Waals surface area (Å²) in [7, 11) is 0.